The molecule has 0 spiro atoms. The van der Waals surface area contributed by atoms with Gasteiger partial charge in [-0.25, -0.2) is 8.78 Å². The van der Waals surface area contributed by atoms with Gasteiger partial charge < -0.3 is 5.73 Å². The average molecular weight is 262 g/mol. The van der Waals surface area contributed by atoms with Crippen LogP contribution in [0.2, 0.25) is 0 Å². The first-order valence-corrected chi connectivity index (χ1v) is 5.21. The zero-order valence-electron chi connectivity index (χ0n) is 7.43. The van der Waals surface area contributed by atoms with Crippen LogP contribution in [0.1, 0.15) is 18.4 Å². The fourth-order valence-electron chi connectivity index (χ4n) is 1.84. The van der Waals surface area contributed by atoms with E-state index in [9.17, 15) is 8.78 Å². The van der Waals surface area contributed by atoms with Crippen molar-refractivity contribution >= 4 is 15.9 Å². The summed E-state index contributed by atoms with van der Waals surface area (Å²) < 4.78 is 27.8. The predicted octanol–water partition coefficient (Wildman–Crippen LogP) is 2.87. The third-order valence-corrected chi connectivity index (χ3v) is 3.22. The zero-order valence-corrected chi connectivity index (χ0v) is 9.02. The second kappa shape index (κ2) is 3.28. The molecule has 1 aromatic rings. The third-order valence-electron chi connectivity index (χ3n) is 2.61. The van der Waals surface area contributed by atoms with Crippen LogP contribution in [0.25, 0.3) is 0 Å². The van der Waals surface area contributed by atoms with Gasteiger partial charge in [-0.3, -0.25) is 0 Å². The van der Waals surface area contributed by atoms with Crippen LogP contribution in [0.5, 0.6) is 0 Å². The highest BCUT2D eigenvalue weighted by molar-refractivity contribution is 9.10. The molecule has 0 heterocycles. The molecule has 0 unspecified atom stereocenters. The number of hydrogen-bond donors (Lipinski definition) is 1. The Kier molecular flexibility index (Phi) is 2.35. The Hall–Kier alpha value is -0.480. The Balaban J connectivity index is 2.37. The minimum absolute atomic E-state index is 0.119. The van der Waals surface area contributed by atoms with E-state index in [0.717, 1.165) is 0 Å². The van der Waals surface area contributed by atoms with Gasteiger partial charge in [-0.05, 0) is 22.0 Å². The lowest BCUT2D eigenvalue weighted by atomic mass is 9.73. The number of nitrogens with two attached hydrogens (primary N) is 1. The largest absolute Gasteiger partial charge is 0.327 e. The third kappa shape index (κ3) is 1.46. The Morgan fingerprint density at radius 3 is 2.64 bits per heavy atom. The van der Waals surface area contributed by atoms with Crippen LogP contribution in [0.4, 0.5) is 8.78 Å². The Morgan fingerprint density at radius 1 is 1.43 bits per heavy atom. The minimum Gasteiger partial charge on any atom is -0.327 e. The van der Waals surface area contributed by atoms with E-state index in [1.54, 1.807) is 12.1 Å². The summed E-state index contributed by atoms with van der Waals surface area (Å²) >= 11 is 3.03. The summed E-state index contributed by atoms with van der Waals surface area (Å²) in [6.07, 6.45) is 0.417. The van der Waals surface area contributed by atoms with E-state index in [-0.39, 0.29) is 24.4 Å². The molecule has 1 nitrogen and oxygen atoms in total. The average Bonchev–Trinajstić information content (AvgIpc) is 2.07. The lowest BCUT2D eigenvalue weighted by Gasteiger charge is -2.39. The Bertz CT molecular complexity index is 361. The summed E-state index contributed by atoms with van der Waals surface area (Å²) in [6.45, 7) is 0. The van der Waals surface area contributed by atoms with Gasteiger partial charge in [0.15, 0.2) is 0 Å². The van der Waals surface area contributed by atoms with Gasteiger partial charge in [0, 0.05) is 24.4 Å². The number of halogens is 3. The second-order valence-corrected chi connectivity index (χ2v) is 4.59. The van der Waals surface area contributed by atoms with Crippen molar-refractivity contribution in [1.29, 1.82) is 0 Å². The molecule has 1 fully saturated rings. The maximum Gasteiger partial charge on any atom is 0.143 e. The normalized spacial score (nSPS) is 31.3. The van der Waals surface area contributed by atoms with Crippen molar-refractivity contribution in [3.8, 4) is 0 Å². The molecule has 0 aromatic heterocycles. The van der Waals surface area contributed by atoms with Gasteiger partial charge in [-0.1, -0.05) is 12.1 Å². The van der Waals surface area contributed by atoms with Gasteiger partial charge in [0.25, 0.3) is 0 Å². The SMILES string of the molecule is NC1CC(F)(c2cccc(Br)c2F)C1. The minimum atomic E-state index is -1.56. The molecule has 0 bridgehead atoms. The molecular weight excluding hydrogens is 252 g/mol. The van der Waals surface area contributed by atoms with Gasteiger partial charge in [0.1, 0.15) is 11.5 Å². The van der Waals surface area contributed by atoms with Crippen molar-refractivity contribution in [1.82, 2.24) is 0 Å². The lowest BCUT2D eigenvalue weighted by Crippen LogP contribution is -2.46. The highest BCUT2D eigenvalue weighted by atomic mass is 79.9. The maximum absolute atomic E-state index is 14.0. The summed E-state index contributed by atoms with van der Waals surface area (Å²) in [5.41, 5.74) is 4.06. The predicted molar refractivity (Wildman–Crippen MR) is 54.1 cm³/mol. The van der Waals surface area contributed by atoms with Crippen molar-refractivity contribution in [3.05, 3.63) is 34.1 Å². The maximum atomic E-state index is 14.0. The van der Waals surface area contributed by atoms with Gasteiger partial charge in [-0.2, -0.15) is 0 Å². The smallest absolute Gasteiger partial charge is 0.143 e. The van der Waals surface area contributed by atoms with E-state index in [0.29, 0.717) is 4.47 Å². The molecule has 0 atom stereocenters. The second-order valence-electron chi connectivity index (χ2n) is 3.74. The number of alkyl halides is 1. The van der Waals surface area contributed by atoms with Crippen LogP contribution in [0, 0.1) is 5.82 Å². The van der Waals surface area contributed by atoms with E-state index in [1.807, 2.05) is 0 Å². The molecule has 1 aromatic carbocycles. The topological polar surface area (TPSA) is 26.0 Å². The molecule has 0 aliphatic heterocycles. The summed E-state index contributed by atoms with van der Waals surface area (Å²) in [7, 11) is 0. The molecule has 76 valence electrons. The number of benzene rings is 1. The lowest BCUT2D eigenvalue weighted by molar-refractivity contribution is 0.0367. The fraction of sp³-hybridized carbons (Fsp3) is 0.400. The van der Waals surface area contributed by atoms with E-state index in [4.69, 9.17) is 5.73 Å². The standard InChI is InChI=1S/C10H10BrF2N/c11-8-3-1-2-7(9(8)12)10(13)4-6(14)5-10/h1-3,6H,4-5,14H2. The van der Waals surface area contributed by atoms with Gasteiger partial charge in [-0.15, -0.1) is 0 Å². The summed E-state index contributed by atoms with van der Waals surface area (Å²) in [6, 6.07) is 4.53. The molecule has 0 radical (unpaired) electrons. The first kappa shape index (κ1) is 10.1. The summed E-state index contributed by atoms with van der Waals surface area (Å²) in [4.78, 5) is 0. The van der Waals surface area contributed by atoms with Crippen molar-refractivity contribution in [2.45, 2.75) is 24.6 Å². The van der Waals surface area contributed by atoms with Crippen molar-refractivity contribution < 1.29 is 8.78 Å². The van der Waals surface area contributed by atoms with Crippen LogP contribution in [-0.4, -0.2) is 6.04 Å². The molecule has 2 N–H and O–H groups in total. The highest BCUT2D eigenvalue weighted by Gasteiger charge is 2.46. The Labute approximate surface area is 89.4 Å². The molecule has 4 heteroatoms. The van der Waals surface area contributed by atoms with Crippen LogP contribution in [0.3, 0.4) is 0 Å². The van der Waals surface area contributed by atoms with Crippen LogP contribution < -0.4 is 5.73 Å². The van der Waals surface area contributed by atoms with Crippen molar-refractivity contribution in [2.75, 3.05) is 0 Å². The number of rotatable bonds is 1. The van der Waals surface area contributed by atoms with Crippen LogP contribution >= 0.6 is 15.9 Å². The van der Waals surface area contributed by atoms with Crippen LogP contribution in [-0.2, 0) is 5.67 Å². The highest BCUT2D eigenvalue weighted by Crippen LogP contribution is 2.46. The monoisotopic (exact) mass is 261 g/mol. The van der Waals surface area contributed by atoms with Gasteiger partial charge >= 0.3 is 0 Å². The van der Waals surface area contributed by atoms with Crippen molar-refractivity contribution in [2.24, 2.45) is 5.73 Å². The first-order valence-electron chi connectivity index (χ1n) is 4.42. The molecule has 0 amide bonds. The molecule has 14 heavy (non-hydrogen) atoms. The fourth-order valence-corrected chi connectivity index (χ4v) is 2.21. The van der Waals surface area contributed by atoms with E-state index < -0.39 is 11.5 Å². The number of hydrogen-bond acceptors (Lipinski definition) is 1. The first-order chi connectivity index (χ1) is 6.53. The quantitative estimate of drug-likeness (QED) is 0.827. The molecular formula is C10H10BrF2N. The van der Waals surface area contributed by atoms with Gasteiger partial charge in [0.2, 0.25) is 0 Å². The van der Waals surface area contributed by atoms with Crippen molar-refractivity contribution in [3.63, 3.8) is 0 Å². The molecule has 2 rings (SSSR count). The van der Waals surface area contributed by atoms with Gasteiger partial charge in [0.05, 0.1) is 4.47 Å². The van der Waals surface area contributed by atoms with E-state index in [1.165, 1.54) is 6.07 Å². The summed E-state index contributed by atoms with van der Waals surface area (Å²) in [5.74, 6) is -0.512. The molecule has 1 aliphatic carbocycles. The van der Waals surface area contributed by atoms with E-state index >= 15 is 0 Å². The summed E-state index contributed by atoms with van der Waals surface area (Å²) in [5, 5.41) is 0. The zero-order chi connectivity index (χ0) is 10.3. The van der Waals surface area contributed by atoms with E-state index in [2.05, 4.69) is 15.9 Å². The Morgan fingerprint density at radius 2 is 2.07 bits per heavy atom. The molecule has 1 aliphatic rings. The molecule has 0 saturated heterocycles. The molecule has 1 saturated carbocycles. The van der Waals surface area contributed by atoms with Crippen LogP contribution in [0.15, 0.2) is 22.7 Å².